The summed E-state index contributed by atoms with van der Waals surface area (Å²) < 4.78 is 25.9. The maximum atomic E-state index is 11.8. The van der Waals surface area contributed by atoms with Crippen LogP contribution in [0.5, 0.6) is 0 Å². The lowest BCUT2D eigenvalue weighted by Gasteiger charge is -2.19. The van der Waals surface area contributed by atoms with E-state index in [1.807, 2.05) is 0 Å². The minimum Gasteiger partial charge on any atom is -0.369 e. The van der Waals surface area contributed by atoms with Crippen LogP contribution in [-0.4, -0.2) is 23.9 Å². The summed E-state index contributed by atoms with van der Waals surface area (Å²) in [7, 11) is -3.88. The molecule has 0 saturated heterocycles. The lowest BCUT2D eigenvalue weighted by Crippen LogP contribution is -2.42. The third kappa shape index (κ3) is 3.04. The van der Waals surface area contributed by atoms with E-state index >= 15 is 0 Å². The van der Waals surface area contributed by atoms with Gasteiger partial charge in [0, 0.05) is 5.54 Å². The number of H-pyrrole nitrogens is 1. The maximum absolute atomic E-state index is 11.8. The smallest absolute Gasteiger partial charge is 0.272 e. The molecule has 0 aliphatic rings. The fourth-order valence-electron chi connectivity index (χ4n) is 1.05. The minimum atomic E-state index is -3.88. The molecule has 0 radical (unpaired) electrons. The van der Waals surface area contributed by atoms with Gasteiger partial charge in [0.1, 0.15) is 0 Å². The fourth-order valence-corrected chi connectivity index (χ4v) is 2.45. The van der Waals surface area contributed by atoms with Crippen molar-refractivity contribution in [1.29, 1.82) is 0 Å². The van der Waals surface area contributed by atoms with Crippen molar-refractivity contribution in [3.05, 3.63) is 16.6 Å². The van der Waals surface area contributed by atoms with Crippen LogP contribution in [-0.2, 0) is 10.0 Å². The van der Waals surface area contributed by atoms with Crippen LogP contribution in [0.1, 0.15) is 20.8 Å². The van der Waals surface area contributed by atoms with Crippen molar-refractivity contribution in [1.82, 2.24) is 14.7 Å². The molecule has 1 rings (SSSR count). The van der Waals surface area contributed by atoms with Crippen molar-refractivity contribution in [2.24, 2.45) is 0 Å². The van der Waals surface area contributed by atoms with Crippen molar-refractivity contribution in [2.75, 3.05) is 5.73 Å². The summed E-state index contributed by atoms with van der Waals surface area (Å²) in [4.78, 5) is 16.6. The van der Waals surface area contributed by atoms with E-state index < -0.39 is 26.0 Å². The molecule has 0 spiro atoms. The lowest BCUT2D eigenvalue weighted by molar-refractivity contribution is 0.490. The van der Waals surface area contributed by atoms with Crippen molar-refractivity contribution in [3.63, 3.8) is 0 Å². The molecule has 0 aromatic carbocycles. The number of nitrogens with two attached hydrogens (primary N) is 1. The van der Waals surface area contributed by atoms with Gasteiger partial charge in [0.2, 0.25) is 10.0 Å². The van der Waals surface area contributed by atoms with Gasteiger partial charge in [0.05, 0.1) is 6.20 Å². The van der Waals surface area contributed by atoms with Gasteiger partial charge in [-0.25, -0.2) is 18.1 Å². The van der Waals surface area contributed by atoms with Gasteiger partial charge in [-0.2, -0.15) is 0 Å². The number of hydrogen-bond donors (Lipinski definition) is 3. The summed E-state index contributed by atoms with van der Waals surface area (Å²) in [6.45, 7) is 5.01. The quantitative estimate of drug-likeness (QED) is 0.645. The molecule has 4 N–H and O–H groups in total. The Morgan fingerprint density at radius 3 is 2.44 bits per heavy atom. The van der Waals surface area contributed by atoms with Crippen LogP contribution in [0.15, 0.2) is 15.9 Å². The Bertz CT molecular complexity index is 541. The van der Waals surface area contributed by atoms with Crippen LogP contribution in [0.3, 0.4) is 0 Å². The van der Waals surface area contributed by atoms with Gasteiger partial charge < -0.3 is 5.73 Å². The molecule has 0 saturated carbocycles. The summed E-state index contributed by atoms with van der Waals surface area (Å²) in [5.41, 5.74) is 3.75. The van der Waals surface area contributed by atoms with E-state index in [1.165, 1.54) is 0 Å². The number of aromatic amines is 1. The second-order valence-corrected chi connectivity index (χ2v) is 5.97. The summed E-state index contributed by atoms with van der Waals surface area (Å²) in [5, 5.41) is 0. The second kappa shape index (κ2) is 3.87. The van der Waals surface area contributed by atoms with Crippen LogP contribution in [0, 0.1) is 0 Å². The van der Waals surface area contributed by atoms with E-state index in [4.69, 9.17) is 5.73 Å². The van der Waals surface area contributed by atoms with Gasteiger partial charge in [-0.05, 0) is 20.8 Å². The highest BCUT2D eigenvalue weighted by molar-refractivity contribution is 7.89. The van der Waals surface area contributed by atoms with Gasteiger partial charge in [-0.15, -0.1) is 0 Å². The van der Waals surface area contributed by atoms with E-state index in [-0.39, 0.29) is 5.95 Å². The molecule has 8 heteroatoms. The molecule has 1 aromatic heterocycles. The van der Waals surface area contributed by atoms with Gasteiger partial charge in [-0.1, -0.05) is 0 Å². The minimum absolute atomic E-state index is 0.125. The van der Waals surface area contributed by atoms with Crippen LogP contribution in [0.4, 0.5) is 5.95 Å². The highest BCUT2D eigenvalue weighted by Gasteiger charge is 2.24. The molecular formula is C8H14N4O3S. The van der Waals surface area contributed by atoms with Gasteiger partial charge in [0.15, 0.2) is 10.8 Å². The molecule has 1 aromatic rings. The highest BCUT2D eigenvalue weighted by Crippen LogP contribution is 2.07. The van der Waals surface area contributed by atoms with E-state index in [0.29, 0.717) is 0 Å². The van der Waals surface area contributed by atoms with E-state index in [9.17, 15) is 13.2 Å². The molecule has 0 amide bonds. The number of nitrogens with one attached hydrogen (secondary N) is 2. The first-order chi connectivity index (χ1) is 7.12. The van der Waals surface area contributed by atoms with Crippen molar-refractivity contribution < 1.29 is 8.42 Å². The summed E-state index contributed by atoms with van der Waals surface area (Å²) >= 11 is 0. The number of rotatable bonds is 2. The monoisotopic (exact) mass is 246 g/mol. The molecule has 0 aliphatic carbocycles. The number of aromatic nitrogens is 2. The van der Waals surface area contributed by atoms with Crippen molar-refractivity contribution >= 4 is 16.0 Å². The lowest BCUT2D eigenvalue weighted by atomic mass is 10.1. The van der Waals surface area contributed by atoms with Gasteiger partial charge in [-0.3, -0.25) is 9.78 Å². The summed E-state index contributed by atoms with van der Waals surface area (Å²) in [6.07, 6.45) is 0.933. The summed E-state index contributed by atoms with van der Waals surface area (Å²) in [5.74, 6) is -0.125. The Hall–Kier alpha value is -1.41. The van der Waals surface area contributed by atoms with E-state index in [1.54, 1.807) is 20.8 Å². The third-order valence-corrected chi connectivity index (χ3v) is 3.27. The number of hydrogen-bond acceptors (Lipinski definition) is 5. The topological polar surface area (TPSA) is 118 Å². The summed E-state index contributed by atoms with van der Waals surface area (Å²) in [6, 6.07) is 0. The molecule has 0 unspecified atom stereocenters. The van der Waals surface area contributed by atoms with Crippen molar-refractivity contribution in [2.45, 2.75) is 31.2 Å². The normalized spacial score (nSPS) is 12.7. The predicted molar refractivity (Wildman–Crippen MR) is 59.3 cm³/mol. The third-order valence-electron chi connectivity index (χ3n) is 1.52. The molecule has 0 fully saturated rings. The second-order valence-electron chi connectivity index (χ2n) is 4.32. The average molecular weight is 246 g/mol. The fraction of sp³-hybridized carbons (Fsp3) is 0.500. The average Bonchev–Trinajstić information content (AvgIpc) is 1.97. The molecule has 7 nitrogen and oxygen atoms in total. The SMILES string of the molecule is CC(C)(C)NS(=O)(=O)c1cnc(N)[nH]c1=O. The Kier molecular flexibility index (Phi) is 3.06. The van der Waals surface area contributed by atoms with E-state index in [0.717, 1.165) is 6.20 Å². The number of sulfonamides is 1. The van der Waals surface area contributed by atoms with E-state index in [2.05, 4.69) is 14.7 Å². The molecule has 16 heavy (non-hydrogen) atoms. The largest absolute Gasteiger partial charge is 0.369 e. The first-order valence-electron chi connectivity index (χ1n) is 4.50. The van der Waals surface area contributed by atoms with Gasteiger partial charge >= 0.3 is 0 Å². The standard InChI is InChI=1S/C8H14N4O3S/c1-8(2,3)12-16(14,15)5-4-10-7(9)11-6(5)13/h4,12H,1-3H3,(H3,9,10,11,13). The molecule has 0 atom stereocenters. The Morgan fingerprint density at radius 2 is 2.00 bits per heavy atom. The Balaban J connectivity index is 3.24. The highest BCUT2D eigenvalue weighted by atomic mass is 32.2. The zero-order valence-electron chi connectivity index (χ0n) is 9.23. The van der Waals surface area contributed by atoms with Crippen LogP contribution in [0.25, 0.3) is 0 Å². The zero-order valence-corrected chi connectivity index (χ0v) is 10.1. The molecule has 0 aliphatic heterocycles. The molecule has 0 bridgehead atoms. The Morgan fingerprint density at radius 1 is 1.44 bits per heavy atom. The maximum Gasteiger partial charge on any atom is 0.272 e. The number of nitrogens with zero attached hydrogens (tertiary/aromatic N) is 1. The van der Waals surface area contributed by atoms with Crippen LogP contribution < -0.4 is 16.0 Å². The van der Waals surface area contributed by atoms with Crippen LogP contribution >= 0.6 is 0 Å². The molecule has 1 heterocycles. The predicted octanol–water partition coefficient (Wildman–Crippen LogP) is -0.571. The number of anilines is 1. The number of nitrogen functional groups attached to an aromatic ring is 1. The Labute approximate surface area is 93.1 Å². The first-order valence-corrected chi connectivity index (χ1v) is 5.99. The first kappa shape index (κ1) is 12.7. The van der Waals surface area contributed by atoms with Crippen molar-refractivity contribution in [3.8, 4) is 0 Å². The molecular weight excluding hydrogens is 232 g/mol. The van der Waals surface area contributed by atoms with Crippen LogP contribution in [0.2, 0.25) is 0 Å². The molecule has 90 valence electrons. The van der Waals surface area contributed by atoms with Gasteiger partial charge in [0.25, 0.3) is 5.56 Å². The zero-order chi connectivity index (χ0) is 12.6.